The smallest absolute Gasteiger partial charge is 0.305 e. The van der Waals surface area contributed by atoms with E-state index in [0.29, 0.717) is 18.7 Å². The summed E-state index contributed by atoms with van der Waals surface area (Å²) in [7, 11) is 0. The lowest BCUT2D eigenvalue weighted by atomic mass is 9.98. The fraction of sp³-hybridized carbons (Fsp3) is 0.438. The third-order valence-electron chi connectivity index (χ3n) is 4.10. The number of hydrogen-bond acceptors (Lipinski definition) is 3. The Balaban J connectivity index is 2.27. The topological polar surface area (TPSA) is 77.9 Å². The molecular formula is C16H20N2O4. The first-order valence-corrected chi connectivity index (χ1v) is 7.27. The van der Waals surface area contributed by atoms with Crippen molar-refractivity contribution in [2.24, 2.45) is 0 Å². The average molecular weight is 304 g/mol. The van der Waals surface area contributed by atoms with Gasteiger partial charge >= 0.3 is 5.97 Å². The summed E-state index contributed by atoms with van der Waals surface area (Å²) in [5, 5.41) is 9.14. The van der Waals surface area contributed by atoms with Crippen molar-refractivity contribution in [2.45, 2.75) is 32.4 Å². The minimum Gasteiger partial charge on any atom is -0.481 e. The van der Waals surface area contributed by atoms with Gasteiger partial charge in [0, 0.05) is 31.6 Å². The van der Waals surface area contributed by atoms with Gasteiger partial charge in [-0.25, -0.2) is 0 Å². The van der Waals surface area contributed by atoms with Gasteiger partial charge in [0.05, 0.1) is 12.5 Å². The zero-order valence-corrected chi connectivity index (χ0v) is 12.7. The number of carboxylic acid groups (broad SMARTS) is 1. The molecule has 1 aromatic rings. The number of aliphatic carboxylic acids is 1. The van der Waals surface area contributed by atoms with Crippen molar-refractivity contribution >= 4 is 17.8 Å². The van der Waals surface area contributed by atoms with Gasteiger partial charge in [0.2, 0.25) is 5.91 Å². The van der Waals surface area contributed by atoms with Crippen LogP contribution in [0.3, 0.4) is 0 Å². The second kappa shape index (κ2) is 6.60. The molecule has 1 fully saturated rings. The zero-order chi connectivity index (χ0) is 16.3. The molecule has 1 N–H and O–H groups in total. The standard InChI is InChI=1S/C16H20N2O4/c1-11-14(10-15(20)21)18(9-8-17(11)12(2)19)16(22)13-6-4-3-5-7-13/h3-7,11,14H,8-10H2,1-2H3,(H,20,21)/t11-,14-/m0/s1. The van der Waals surface area contributed by atoms with Crippen LogP contribution in [0.2, 0.25) is 0 Å². The molecule has 0 aromatic heterocycles. The van der Waals surface area contributed by atoms with E-state index in [1.165, 1.54) is 6.92 Å². The number of carbonyl (C=O) groups is 3. The SMILES string of the molecule is CC(=O)N1CCN(C(=O)c2ccccc2)[C@@H](CC(=O)O)[C@@H]1C. The summed E-state index contributed by atoms with van der Waals surface area (Å²) in [5.74, 6) is -1.27. The van der Waals surface area contributed by atoms with Gasteiger partial charge in [0.1, 0.15) is 0 Å². The van der Waals surface area contributed by atoms with Crippen LogP contribution in [0.1, 0.15) is 30.6 Å². The van der Waals surface area contributed by atoms with E-state index < -0.39 is 12.0 Å². The van der Waals surface area contributed by atoms with Crippen LogP contribution in [0.25, 0.3) is 0 Å². The Bertz CT molecular complexity index is 573. The molecule has 1 aliphatic rings. The van der Waals surface area contributed by atoms with Crippen LogP contribution in [0.15, 0.2) is 30.3 Å². The third-order valence-corrected chi connectivity index (χ3v) is 4.10. The summed E-state index contributed by atoms with van der Waals surface area (Å²) in [4.78, 5) is 38.7. The van der Waals surface area contributed by atoms with Crippen molar-refractivity contribution in [1.29, 1.82) is 0 Å². The molecule has 1 aliphatic heterocycles. The van der Waals surface area contributed by atoms with Gasteiger partial charge in [-0.2, -0.15) is 0 Å². The largest absolute Gasteiger partial charge is 0.481 e. The fourth-order valence-corrected chi connectivity index (χ4v) is 2.96. The highest BCUT2D eigenvalue weighted by Gasteiger charge is 2.38. The normalized spacial score (nSPS) is 21.5. The van der Waals surface area contributed by atoms with Gasteiger partial charge in [0.25, 0.3) is 5.91 Å². The van der Waals surface area contributed by atoms with Crippen molar-refractivity contribution in [1.82, 2.24) is 9.80 Å². The average Bonchev–Trinajstić information content (AvgIpc) is 2.48. The van der Waals surface area contributed by atoms with Crippen molar-refractivity contribution in [2.75, 3.05) is 13.1 Å². The molecule has 6 nitrogen and oxygen atoms in total. The van der Waals surface area contributed by atoms with Crippen LogP contribution in [0.5, 0.6) is 0 Å². The molecule has 22 heavy (non-hydrogen) atoms. The minimum atomic E-state index is -0.979. The number of rotatable bonds is 3. The second-order valence-corrected chi connectivity index (χ2v) is 5.48. The van der Waals surface area contributed by atoms with Crippen molar-refractivity contribution in [3.8, 4) is 0 Å². The number of carboxylic acids is 1. The van der Waals surface area contributed by atoms with E-state index in [1.54, 1.807) is 41.0 Å². The summed E-state index contributed by atoms with van der Waals surface area (Å²) in [6.07, 6.45) is -0.177. The van der Waals surface area contributed by atoms with Gasteiger partial charge in [0.15, 0.2) is 0 Å². The first-order valence-electron chi connectivity index (χ1n) is 7.27. The van der Waals surface area contributed by atoms with E-state index >= 15 is 0 Å². The monoisotopic (exact) mass is 304 g/mol. The van der Waals surface area contributed by atoms with Gasteiger partial charge in [-0.1, -0.05) is 18.2 Å². The first kappa shape index (κ1) is 16.0. The van der Waals surface area contributed by atoms with E-state index in [-0.39, 0.29) is 24.3 Å². The van der Waals surface area contributed by atoms with Gasteiger partial charge in [-0.15, -0.1) is 0 Å². The molecule has 1 heterocycles. The summed E-state index contributed by atoms with van der Waals surface area (Å²) < 4.78 is 0. The van der Waals surface area contributed by atoms with Crippen molar-refractivity contribution < 1.29 is 19.5 Å². The van der Waals surface area contributed by atoms with E-state index in [0.717, 1.165) is 0 Å². The summed E-state index contributed by atoms with van der Waals surface area (Å²) >= 11 is 0. The fourth-order valence-electron chi connectivity index (χ4n) is 2.96. The van der Waals surface area contributed by atoms with Crippen LogP contribution >= 0.6 is 0 Å². The molecule has 2 atom stereocenters. The van der Waals surface area contributed by atoms with E-state index in [1.807, 2.05) is 6.07 Å². The molecule has 0 radical (unpaired) electrons. The van der Waals surface area contributed by atoms with E-state index in [9.17, 15) is 14.4 Å². The van der Waals surface area contributed by atoms with E-state index in [4.69, 9.17) is 5.11 Å². The zero-order valence-electron chi connectivity index (χ0n) is 12.7. The third kappa shape index (κ3) is 3.27. The van der Waals surface area contributed by atoms with Crippen LogP contribution in [0.4, 0.5) is 0 Å². The quantitative estimate of drug-likeness (QED) is 0.911. The lowest BCUT2D eigenvalue weighted by Crippen LogP contribution is -2.61. The lowest BCUT2D eigenvalue weighted by molar-refractivity contribution is -0.142. The highest BCUT2D eigenvalue weighted by atomic mass is 16.4. The van der Waals surface area contributed by atoms with Gasteiger partial charge in [-0.3, -0.25) is 14.4 Å². The number of nitrogens with zero attached hydrogens (tertiary/aromatic N) is 2. The maximum absolute atomic E-state index is 12.6. The van der Waals surface area contributed by atoms with E-state index in [2.05, 4.69) is 0 Å². The Morgan fingerprint density at radius 2 is 1.73 bits per heavy atom. The molecule has 0 spiro atoms. The molecule has 0 bridgehead atoms. The Morgan fingerprint density at radius 3 is 2.27 bits per heavy atom. The Morgan fingerprint density at radius 1 is 1.14 bits per heavy atom. The number of benzene rings is 1. The number of hydrogen-bond donors (Lipinski definition) is 1. The number of amides is 2. The molecular weight excluding hydrogens is 284 g/mol. The highest BCUT2D eigenvalue weighted by molar-refractivity contribution is 5.95. The number of piperazine rings is 1. The molecule has 118 valence electrons. The van der Waals surface area contributed by atoms with Crippen LogP contribution in [-0.2, 0) is 9.59 Å². The molecule has 0 unspecified atom stereocenters. The maximum atomic E-state index is 12.6. The maximum Gasteiger partial charge on any atom is 0.305 e. The van der Waals surface area contributed by atoms with Crippen LogP contribution in [-0.4, -0.2) is 57.9 Å². The van der Waals surface area contributed by atoms with Crippen molar-refractivity contribution in [3.63, 3.8) is 0 Å². The predicted molar refractivity (Wildman–Crippen MR) is 80.4 cm³/mol. The Labute approximate surface area is 129 Å². The lowest BCUT2D eigenvalue weighted by Gasteiger charge is -2.45. The highest BCUT2D eigenvalue weighted by Crippen LogP contribution is 2.22. The summed E-state index contributed by atoms with van der Waals surface area (Å²) in [6.45, 7) is 4.02. The van der Waals surface area contributed by atoms with Gasteiger partial charge in [-0.05, 0) is 19.1 Å². The van der Waals surface area contributed by atoms with Crippen LogP contribution in [0, 0.1) is 0 Å². The molecule has 0 saturated carbocycles. The first-order chi connectivity index (χ1) is 10.4. The molecule has 1 aromatic carbocycles. The molecule has 0 aliphatic carbocycles. The molecule has 2 amide bonds. The van der Waals surface area contributed by atoms with Crippen molar-refractivity contribution in [3.05, 3.63) is 35.9 Å². The summed E-state index contributed by atoms with van der Waals surface area (Å²) in [5.41, 5.74) is 0.529. The number of carbonyl (C=O) groups excluding carboxylic acids is 2. The molecule has 1 saturated heterocycles. The van der Waals surface area contributed by atoms with Gasteiger partial charge < -0.3 is 14.9 Å². The summed E-state index contributed by atoms with van der Waals surface area (Å²) in [6, 6.07) is 7.94. The second-order valence-electron chi connectivity index (χ2n) is 5.48. The molecule has 2 rings (SSSR count). The minimum absolute atomic E-state index is 0.102. The molecule has 6 heteroatoms. The van der Waals surface area contributed by atoms with Crippen LogP contribution < -0.4 is 0 Å². The predicted octanol–water partition coefficient (Wildman–Crippen LogP) is 1.22. The Hall–Kier alpha value is -2.37. The Kier molecular flexibility index (Phi) is 4.80.